The molecule has 5 rings (SSSR count). The van der Waals surface area contributed by atoms with Gasteiger partial charge in [-0.1, -0.05) is 6.92 Å². The number of H-pyrrole nitrogens is 1. The van der Waals surface area contributed by atoms with Crippen LogP contribution in [0.3, 0.4) is 0 Å². The predicted octanol–water partition coefficient (Wildman–Crippen LogP) is 2.15. The minimum absolute atomic E-state index is 0.0388. The van der Waals surface area contributed by atoms with E-state index in [-0.39, 0.29) is 11.5 Å². The second-order valence-electron chi connectivity index (χ2n) is 9.48. The minimum Gasteiger partial charge on any atom is -0.342 e. The van der Waals surface area contributed by atoms with E-state index in [2.05, 4.69) is 30.8 Å². The summed E-state index contributed by atoms with van der Waals surface area (Å²) in [6.45, 7) is 9.75. The summed E-state index contributed by atoms with van der Waals surface area (Å²) in [6.07, 6.45) is 3.76. The number of aromatic amines is 1. The maximum atomic E-state index is 13.1. The summed E-state index contributed by atoms with van der Waals surface area (Å²) in [5.41, 5.74) is 3.62. The van der Waals surface area contributed by atoms with Gasteiger partial charge in [0.15, 0.2) is 5.65 Å². The van der Waals surface area contributed by atoms with E-state index in [0.717, 1.165) is 67.9 Å². The molecule has 156 valence electrons. The molecule has 2 aliphatic heterocycles. The number of hydrogen-bond donors (Lipinski definition) is 1. The summed E-state index contributed by atoms with van der Waals surface area (Å²) in [5, 5.41) is 3.33. The zero-order valence-corrected chi connectivity index (χ0v) is 17.6. The molecule has 2 aromatic rings. The first kappa shape index (κ1) is 18.9. The third kappa shape index (κ3) is 3.29. The summed E-state index contributed by atoms with van der Waals surface area (Å²) in [5.74, 6) is 1.51. The summed E-state index contributed by atoms with van der Waals surface area (Å²) < 4.78 is 1.63. The number of carbonyl (C=O) groups is 1. The normalized spacial score (nSPS) is 25.6. The lowest BCUT2D eigenvalue weighted by Crippen LogP contribution is -2.40. The second-order valence-corrected chi connectivity index (χ2v) is 9.48. The van der Waals surface area contributed by atoms with E-state index in [1.165, 1.54) is 0 Å². The van der Waals surface area contributed by atoms with Crippen LogP contribution in [0.2, 0.25) is 0 Å². The number of hydrogen-bond acceptors (Lipinski definition) is 4. The standard InChI is InChI=1S/C22H31N5O2/c1-13(2)26-9-6-18-17(12-26)22(29)27-20(23-18)11-19(24-27)15-4-7-25(8-5-15)21(28)16-10-14(16)3/h11,13-16,24H,4-10,12H2,1-3H3/t14-,16+/m1/s1. The average molecular weight is 398 g/mol. The average Bonchev–Trinajstić information content (AvgIpc) is 3.29. The molecule has 2 fully saturated rings. The molecule has 2 aromatic heterocycles. The number of aromatic nitrogens is 3. The summed E-state index contributed by atoms with van der Waals surface area (Å²) >= 11 is 0. The Morgan fingerprint density at radius 3 is 2.62 bits per heavy atom. The minimum atomic E-state index is 0.0388. The van der Waals surface area contributed by atoms with Crippen molar-refractivity contribution in [3.63, 3.8) is 0 Å². The zero-order valence-electron chi connectivity index (χ0n) is 17.6. The molecule has 0 spiro atoms. The van der Waals surface area contributed by atoms with E-state index < -0.39 is 0 Å². The molecule has 1 N–H and O–H groups in total. The van der Waals surface area contributed by atoms with Crippen LogP contribution in [0, 0.1) is 11.8 Å². The zero-order chi connectivity index (χ0) is 20.3. The first-order valence-electron chi connectivity index (χ1n) is 11.1. The van der Waals surface area contributed by atoms with E-state index in [0.29, 0.717) is 30.3 Å². The van der Waals surface area contributed by atoms with E-state index >= 15 is 0 Å². The maximum absolute atomic E-state index is 13.1. The third-order valence-electron chi connectivity index (χ3n) is 7.21. The van der Waals surface area contributed by atoms with Crippen molar-refractivity contribution in [1.82, 2.24) is 24.4 Å². The highest BCUT2D eigenvalue weighted by Crippen LogP contribution is 2.40. The fourth-order valence-electron chi connectivity index (χ4n) is 4.98. The molecule has 1 saturated heterocycles. The third-order valence-corrected chi connectivity index (χ3v) is 7.21. The van der Waals surface area contributed by atoms with Crippen molar-refractivity contribution in [2.45, 2.75) is 65.0 Å². The lowest BCUT2D eigenvalue weighted by molar-refractivity contribution is -0.133. The number of carbonyl (C=O) groups excluding carboxylic acids is 1. The first-order valence-corrected chi connectivity index (χ1v) is 11.1. The van der Waals surface area contributed by atoms with Gasteiger partial charge in [0, 0.05) is 62.2 Å². The Kier molecular flexibility index (Phi) is 4.53. The molecule has 3 aliphatic rings. The van der Waals surface area contributed by atoms with Crippen LogP contribution in [-0.2, 0) is 17.8 Å². The van der Waals surface area contributed by atoms with Gasteiger partial charge in [0.25, 0.3) is 5.56 Å². The summed E-state index contributed by atoms with van der Waals surface area (Å²) in [4.78, 5) is 34.8. The van der Waals surface area contributed by atoms with E-state index in [4.69, 9.17) is 4.98 Å². The lowest BCUT2D eigenvalue weighted by Gasteiger charge is -2.31. The monoisotopic (exact) mass is 397 g/mol. The van der Waals surface area contributed by atoms with Crippen LogP contribution >= 0.6 is 0 Å². The Labute approximate surface area is 171 Å². The van der Waals surface area contributed by atoms with Gasteiger partial charge < -0.3 is 4.90 Å². The molecule has 7 nitrogen and oxygen atoms in total. The van der Waals surface area contributed by atoms with Crippen molar-refractivity contribution < 1.29 is 4.79 Å². The Morgan fingerprint density at radius 1 is 1.24 bits per heavy atom. The molecule has 0 radical (unpaired) electrons. The number of nitrogens with one attached hydrogen (secondary N) is 1. The van der Waals surface area contributed by atoms with Crippen LogP contribution in [-0.4, -0.2) is 56.0 Å². The summed E-state index contributed by atoms with van der Waals surface area (Å²) in [6, 6.07) is 2.47. The molecule has 2 atom stereocenters. The Bertz CT molecular complexity index is 999. The molecule has 0 bridgehead atoms. The van der Waals surface area contributed by atoms with Crippen LogP contribution in [0.4, 0.5) is 0 Å². The number of rotatable bonds is 3. The van der Waals surface area contributed by atoms with Crippen LogP contribution in [0.1, 0.15) is 62.9 Å². The number of likely N-dealkylation sites (tertiary alicyclic amines) is 1. The van der Waals surface area contributed by atoms with Gasteiger partial charge in [-0.2, -0.15) is 0 Å². The summed E-state index contributed by atoms with van der Waals surface area (Å²) in [7, 11) is 0. The van der Waals surface area contributed by atoms with Crippen molar-refractivity contribution in [3.05, 3.63) is 33.4 Å². The maximum Gasteiger partial charge on any atom is 0.277 e. The van der Waals surface area contributed by atoms with Gasteiger partial charge in [0.05, 0.1) is 11.3 Å². The molecular weight excluding hydrogens is 366 g/mol. The van der Waals surface area contributed by atoms with Gasteiger partial charge in [0.2, 0.25) is 5.91 Å². The van der Waals surface area contributed by atoms with Crippen LogP contribution in [0.25, 0.3) is 5.65 Å². The molecule has 0 aromatic carbocycles. The Balaban J connectivity index is 1.35. The van der Waals surface area contributed by atoms with Gasteiger partial charge >= 0.3 is 0 Å². The van der Waals surface area contributed by atoms with Gasteiger partial charge in [0.1, 0.15) is 0 Å². The van der Waals surface area contributed by atoms with Crippen LogP contribution < -0.4 is 5.56 Å². The van der Waals surface area contributed by atoms with Crippen molar-refractivity contribution in [1.29, 1.82) is 0 Å². The van der Waals surface area contributed by atoms with Crippen LogP contribution in [0.15, 0.2) is 10.9 Å². The van der Waals surface area contributed by atoms with E-state index in [9.17, 15) is 9.59 Å². The number of nitrogens with zero attached hydrogens (tertiary/aromatic N) is 4. The lowest BCUT2D eigenvalue weighted by atomic mass is 9.93. The number of piperidine rings is 1. The van der Waals surface area contributed by atoms with E-state index in [1.54, 1.807) is 4.52 Å². The topological polar surface area (TPSA) is 73.7 Å². The fraction of sp³-hybridized carbons (Fsp3) is 0.682. The van der Waals surface area contributed by atoms with Crippen molar-refractivity contribution >= 4 is 11.6 Å². The highest BCUT2D eigenvalue weighted by Gasteiger charge is 2.42. The molecule has 1 amide bonds. The first-order chi connectivity index (χ1) is 13.9. The largest absolute Gasteiger partial charge is 0.342 e. The number of amides is 1. The second kappa shape index (κ2) is 6.97. The molecule has 0 unspecified atom stereocenters. The highest BCUT2D eigenvalue weighted by atomic mass is 16.2. The predicted molar refractivity (Wildman–Crippen MR) is 111 cm³/mol. The SMILES string of the molecule is CC(C)N1CCc2nc3cc(C4CCN(C(=O)[C@H]5C[C@H]5C)CC4)[nH]n3c(=O)c2C1. The van der Waals surface area contributed by atoms with Gasteiger partial charge in [-0.25, -0.2) is 9.50 Å². The smallest absolute Gasteiger partial charge is 0.277 e. The number of fused-ring (bicyclic) bond motifs is 2. The molecule has 29 heavy (non-hydrogen) atoms. The highest BCUT2D eigenvalue weighted by molar-refractivity contribution is 5.81. The Hall–Kier alpha value is -2.15. The molecule has 4 heterocycles. The molecule has 7 heteroatoms. The Morgan fingerprint density at radius 2 is 1.97 bits per heavy atom. The molecule has 1 aliphatic carbocycles. The quantitative estimate of drug-likeness (QED) is 0.861. The van der Waals surface area contributed by atoms with Crippen molar-refractivity contribution in [2.75, 3.05) is 19.6 Å². The van der Waals surface area contributed by atoms with Gasteiger partial charge in [-0.15, -0.1) is 0 Å². The molecule has 1 saturated carbocycles. The van der Waals surface area contributed by atoms with Crippen LogP contribution in [0.5, 0.6) is 0 Å². The van der Waals surface area contributed by atoms with Gasteiger partial charge in [-0.05, 0) is 39.0 Å². The van der Waals surface area contributed by atoms with E-state index in [1.807, 2.05) is 11.0 Å². The molecular formula is C22H31N5O2. The fourth-order valence-corrected chi connectivity index (χ4v) is 4.98. The van der Waals surface area contributed by atoms with Crippen molar-refractivity contribution in [2.24, 2.45) is 11.8 Å². The van der Waals surface area contributed by atoms with Crippen molar-refractivity contribution in [3.8, 4) is 0 Å². The van der Waals surface area contributed by atoms with Gasteiger partial charge in [-0.3, -0.25) is 19.6 Å².